The van der Waals surface area contributed by atoms with E-state index in [2.05, 4.69) is 0 Å². The third-order valence-electron chi connectivity index (χ3n) is 3.02. The van der Waals surface area contributed by atoms with E-state index in [0.29, 0.717) is 12.8 Å². The van der Waals surface area contributed by atoms with Gasteiger partial charge in [-0.1, -0.05) is 29.8 Å². The zero-order valence-corrected chi connectivity index (χ0v) is 10.7. The second-order valence-electron chi connectivity index (χ2n) is 4.57. The minimum absolute atomic E-state index is 0.175. The van der Waals surface area contributed by atoms with Crippen molar-refractivity contribution in [1.29, 1.82) is 0 Å². The number of aryl methyl sites for hydroxylation is 2. The number of hydrogen-bond acceptors (Lipinski definition) is 2. The second-order valence-corrected chi connectivity index (χ2v) is 4.57. The van der Waals surface area contributed by atoms with Gasteiger partial charge in [-0.2, -0.15) is 0 Å². The van der Waals surface area contributed by atoms with Crippen molar-refractivity contribution in [2.45, 2.75) is 19.8 Å². The van der Waals surface area contributed by atoms with Crippen LogP contribution in [0.5, 0.6) is 5.75 Å². The topological polar surface area (TPSA) is 37.3 Å². The first-order chi connectivity index (χ1) is 9.06. The van der Waals surface area contributed by atoms with Crippen LogP contribution in [-0.2, 0) is 6.42 Å². The molecule has 2 aromatic rings. The Hall–Kier alpha value is -2.16. The lowest BCUT2D eigenvalue weighted by molar-refractivity contribution is 0.0980. The molecule has 0 fully saturated rings. The maximum Gasteiger partial charge on any atom is 0.166 e. The fourth-order valence-corrected chi connectivity index (χ4v) is 1.89. The van der Waals surface area contributed by atoms with Crippen molar-refractivity contribution in [1.82, 2.24) is 0 Å². The number of rotatable bonds is 4. The Morgan fingerprint density at radius 2 is 1.84 bits per heavy atom. The number of ketones is 1. The van der Waals surface area contributed by atoms with Crippen LogP contribution in [0.4, 0.5) is 4.39 Å². The Morgan fingerprint density at radius 3 is 2.47 bits per heavy atom. The van der Waals surface area contributed by atoms with Crippen molar-refractivity contribution in [2.24, 2.45) is 0 Å². The van der Waals surface area contributed by atoms with Crippen molar-refractivity contribution in [3.63, 3.8) is 0 Å². The Morgan fingerprint density at radius 1 is 1.16 bits per heavy atom. The van der Waals surface area contributed by atoms with Gasteiger partial charge in [0.05, 0.1) is 5.56 Å². The van der Waals surface area contributed by atoms with Crippen LogP contribution in [0.15, 0.2) is 42.5 Å². The van der Waals surface area contributed by atoms with Gasteiger partial charge in [0, 0.05) is 12.5 Å². The molecule has 0 saturated heterocycles. The summed E-state index contributed by atoms with van der Waals surface area (Å²) in [6.07, 6.45) is 0.901. The summed E-state index contributed by atoms with van der Waals surface area (Å²) in [5.74, 6) is -1.03. The molecule has 1 N–H and O–H groups in total. The summed E-state index contributed by atoms with van der Waals surface area (Å²) in [7, 11) is 0. The van der Waals surface area contributed by atoms with Crippen LogP contribution in [0.3, 0.4) is 0 Å². The van der Waals surface area contributed by atoms with Gasteiger partial charge in [0.1, 0.15) is 11.6 Å². The van der Waals surface area contributed by atoms with Gasteiger partial charge in [0.15, 0.2) is 5.78 Å². The molecule has 0 aliphatic heterocycles. The van der Waals surface area contributed by atoms with Crippen molar-refractivity contribution >= 4 is 5.78 Å². The van der Waals surface area contributed by atoms with E-state index in [1.165, 1.54) is 17.7 Å². The molecule has 2 rings (SSSR count). The van der Waals surface area contributed by atoms with Crippen LogP contribution in [0.25, 0.3) is 0 Å². The molecule has 0 aliphatic carbocycles. The van der Waals surface area contributed by atoms with E-state index in [1.807, 2.05) is 31.2 Å². The number of Topliss-reactive ketones (excluding diaryl/α,β-unsaturated/α-hetero) is 1. The minimum Gasteiger partial charge on any atom is -0.507 e. The number of phenolic OH excluding ortho intramolecular Hbond substituents is 1. The summed E-state index contributed by atoms with van der Waals surface area (Å²) in [6.45, 7) is 2.01. The summed E-state index contributed by atoms with van der Waals surface area (Å²) in [4.78, 5) is 11.9. The predicted molar refractivity (Wildman–Crippen MR) is 71.9 cm³/mol. The first-order valence-corrected chi connectivity index (χ1v) is 6.13. The molecule has 0 amide bonds. The normalized spacial score (nSPS) is 10.4. The highest BCUT2D eigenvalue weighted by Crippen LogP contribution is 2.20. The van der Waals surface area contributed by atoms with Gasteiger partial charge in [-0.05, 0) is 31.0 Å². The number of benzene rings is 2. The zero-order valence-electron chi connectivity index (χ0n) is 10.7. The van der Waals surface area contributed by atoms with Gasteiger partial charge in [-0.15, -0.1) is 0 Å². The van der Waals surface area contributed by atoms with E-state index < -0.39 is 5.82 Å². The molecule has 0 saturated carbocycles. The van der Waals surface area contributed by atoms with Crippen LogP contribution in [0.2, 0.25) is 0 Å². The van der Waals surface area contributed by atoms with Crippen LogP contribution >= 0.6 is 0 Å². The third-order valence-corrected chi connectivity index (χ3v) is 3.02. The van der Waals surface area contributed by atoms with Crippen molar-refractivity contribution in [2.75, 3.05) is 0 Å². The third kappa shape index (κ3) is 3.41. The van der Waals surface area contributed by atoms with Crippen LogP contribution in [0.1, 0.15) is 27.9 Å². The summed E-state index contributed by atoms with van der Waals surface area (Å²) < 4.78 is 12.8. The molecule has 0 spiro atoms. The molecule has 3 heteroatoms. The molecular formula is C16H15FO2. The Bertz CT molecular complexity index is 588. The molecule has 0 bridgehead atoms. The molecule has 0 unspecified atom stereocenters. The maximum absolute atomic E-state index is 12.8. The summed E-state index contributed by atoms with van der Waals surface area (Å²) in [6, 6.07) is 11.4. The zero-order chi connectivity index (χ0) is 13.8. The van der Waals surface area contributed by atoms with Gasteiger partial charge < -0.3 is 5.11 Å². The number of carbonyl (C=O) groups is 1. The van der Waals surface area contributed by atoms with Gasteiger partial charge >= 0.3 is 0 Å². The standard InChI is InChI=1S/C16H15FO2/c1-11-2-4-12(5-3-11)6-9-15(18)14-8-7-13(17)10-16(14)19/h2-5,7-8,10,19H,6,9H2,1H3. The Labute approximate surface area is 111 Å². The lowest BCUT2D eigenvalue weighted by Gasteiger charge is -2.04. The lowest BCUT2D eigenvalue weighted by Crippen LogP contribution is -2.02. The molecule has 0 atom stereocenters. The number of phenols is 1. The average Bonchev–Trinajstić information content (AvgIpc) is 2.37. The molecule has 2 nitrogen and oxygen atoms in total. The molecule has 0 radical (unpaired) electrons. The fourth-order valence-electron chi connectivity index (χ4n) is 1.89. The van der Waals surface area contributed by atoms with Crippen LogP contribution < -0.4 is 0 Å². The molecular weight excluding hydrogens is 243 g/mol. The summed E-state index contributed by atoms with van der Waals surface area (Å²) in [5, 5.41) is 9.53. The van der Waals surface area contributed by atoms with Gasteiger partial charge in [-0.25, -0.2) is 4.39 Å². The van der Waals surface area contributed by atoms with Gasteiger partial charge in [0.25, 0.3) is 0 Å². The SMILES string of the molecule is Cc1ccc(CCC(=O)c2ccc(F)cc2O)cc1. The van der Waals surface area contributed by atoms with E-state index in [9.17, 15) is 14.3 Å². The molecule has 19 heavy (non-hydrogen) atoms. The number of hydrogen-bond donors (Lipinski definition) is 1. The lowest BCUT2D eigenvalue weighted by atomic mass is 10.0. The van der Waals surface area contributed by atoms with Crippen molar-refractivity contribution < 1.29 is 14.3 Å². The maximum atomic E-state index is 12.8. The number of aromatic hydroxyl groups is 1. The second kappa shape index (κ2) is 5.65. The van der Waals surface area contributed by atoms with Crippen molar-refractivity contribution in [3.05, 3.63) is 65.0 Å². The Balaban J connectivity index is 2.03. The molecule has 98 valence electrons. The van der Waals surface area contributed by atoms with Gasteiger partial charge in [-0.3, -0.25) is 4.79 Å². The minimum atomic E-state index is -0.549. The first kappa shape index (κ1) is 13.3. The largest absolute Gasteiger partial charge is 0.507 e. The summed E-state index contributed by atoms with van der Waals surface area (Å²) in [5.41, 5.74) is 2.42. The highest BCUT2D eigenvalue weighted by molar-refractivity contribution is 5.98. The summed E-state index contributed by atoms with van der Waals surface area (Å²) >= 11 is 0. The van der Waals surface area contributed by atoms with Gasteiger partial charge in [0.2, 0.25) is 0 Å². The van der Waals surface area contributed by atoms with E-state index in [4.69, 9.17) is 0 Å². The number of carbonyl (C=O) groups excluding carboxylic acids is 1. The highest BCUT2D eigenvalue weighted by Gasteiger charge is 2.11. The van der Waals surface area contributed by atoms with E-state index in [0.717, 1.165) is 11.6 Å². The van der Waals surface area contributed by atoms with Crippen molar-refractivity contribution in [3.8, 4) is 5.75 Å². The van der Waals surface area contributed by atoms with E-state index >= 15 is 0 Å². The monoisotopic (exact) mass is 258 g/mol. The predicted octanol–water partition coefficient (Wildman–Crippen LogP) is 3.66. The average molecular weight is 258 g/mol. The first-order valence-electron chi connectivity index (χ1n) is 6.13. The molecule has 0 aliphatic rings. The van der Waals surface area contributed by atoms with E-state index in [1.54, 1.807) is 0 Å². The quantitative estimate of drug-likeness (QED) is 0.850. The molecule has 2 aromatic carbocycles. The highest BCUT2D eigenvalue weighted by atomic mass is 19.1. The van der Waals surface area contributed by atoms with E-state index in [-0.39, 0.29) is 17.1 Å². The molecule has 0 aromatic heterocycles. The number of halogens is 1. The Kier molecular flexibility index (Phi) is 3.95. The molecule has 0 heterocycles. The fraction of sp³-hybridized carbons (Fsp3) is 0.188. The van der Waals surface area contributed by atoms with Crippen LogP contribution in [-0.4, -0.2) is 10.9 Å². The van der Waals surface area contributed by atoms with Crippen LogP contribution in [0, 0.1) is 12.7 Å². The smallest absolute Gasteiger partial charge is 0.166 e.